The molecule has 0 aliphatic carbocycles. The maximum absolute atomic E-state index is 9.14. The van der Waals surface area contributed by atoms with E-state index in [0.29, 0.717) is 11.1 Å². The first kappa shape index (κ1) is 11.3. The summed E-state index contributed by atoms with van der Waals surface area (Å²) in [5, 5.41) is 18.1. The van der Waals surface area contributed by atoms with E-state index in [1.54, 1.807) is 12.1 Å². The number of rotatable bonds is 1. The fraction of sp³-hybridized carbons (Fsp3) is 0. The van der Waals surface area contributed by atoms with E-state index in [-0.39, 0.29) is 0 Å². The summed E-state index contributed by atoms with van der Waals surface area (Å²) in [5.74, 6) is 0. The highest BCUT2D eigenvalue weighted by Gasteiger charge is 2.09. The molecule has 0 aliphatic heterocycles. The smallest absolute Gasteiger partial charge is 0.101 e. The molecule has 0 radical (unpaired) electrons. The topological polar surface area (TPSA) is 47.6 Å². The number of hydrogen-bond donors (Lipinski definition) is 1. The molecule has 0 amide bonds. The summed E-state index contributed by atoms with van der Waals surface area (Å²) in [5.41, 5.74) is 2.47. The molecule has 0 atom stereocenters. The number of benzene rings is 2. The second-order valence-corrected chi connectivity index (χ2v) is 4.02. The van der Waals surface area contributed by atoms with E-state index in [9.17, 15) is 0 Å². The average Bonchev–Trinajstić information content (AvgIpc) is 2.37. The second-order valence-electron chi connectivity index (χ2n) is 3.50. The van der Waals surface area contributed by atoms with Crippen LogP contribution in [0.5, 0.6) is 0 Å². The molecule has 2 aromatic carbocycles. The van der Waals surface area contributed by atoms with Gasteiger partial charge in [-0.25, -0.2) is 0 Å². The van der Waals surface area contributed by atoms with Crippen LogP contribution in [0.1, 0.15) is 11.1 Å². The minimum absolute atomic E-state index is 0.398. The third-order valence-electron chi connectivity index (χ3n) is 2.45. The van der Waals surface area contributed by atoms with Crippen LogP contribution in [0.3, 0.4) is 0 Å². The molecule has 0 aliphatic rings. The first-order valence-corrected chi connectivity index (χ1v) is 5.43. The fourth-order valence-corrected chi connectivity index (χ4v) is 1.91. The van der Waals surface area contributed by atoms with Crippen LogP contribution < -0.4 is 0 Å². The lowest BCUT2D eigenvalue weighted by Crippen LogP contribution is -1.89. The Morgan fingerprint density at radius 1 is 0.941 bits per heavy atom. The van der Waals surface area contributed by atoms with Gasteiger partial charge < -0.3 is 0 Å². The quantitative estimate of drug-likeness (QED) is 0.771. The van der Waals surface area contributed by atoms with Crippen LogP contribution in [-0.2, 0) is 0 Å². The van der Waals surface area contributed by atoms with Crippen molar-refractivity contribution in [1.29, 1.82) is 10.5 Å². The van der Waals surface area contributed by atoms with E-state index in [0.717, 1.165) is 16.0 Å². The first-order chi connectivity index (χ1) is 8.26. The van der Waals surface area contributed by atoms with E-state index >= 15 is 0 Å². The van der Waals surface area contributed by atoms with Gasteiger partial charge in [-0.1, -0.05) is 24.3 Å². The van der Waals surface area contributed by atoms with Gasteiger partial charge in [-0.3, -0.25) is 0 Å². The SMILES string of the molecule is N#Cc1cccc(-c2cccc(S)c2)c1C#N. The Balaban J connectivity index is 2.69. The Morgan fingerprint density at radius 2 is 1.71 bits per heavy atom. The van der Waals surface area contributed by atoms with E-state index in [1.165, 1.54) is 0 Å². The lowest BCUT2D eigenvalue weighted by molar-refractivity contribution is 1.41. The lowest BCUT2D eigenvalue weighted by Gasteiger charge is -2.05. The molecule has 0 saturated heterocycles. The Labute approximate surface area is 105 Å². The highest BCUT2D eigenvalue weighted by atomic mass is 32.1. The summed E-state index contributed by atoms with van der Waals surface area (Å²) in [6.07, 6.45) is 0. The Morgan fingerprint density at radius 3 is 2.35 bits per heavy atom. The van der Waals surface area contributed by atoms with Crippen molar-refractivity contribution >= 4 is 12.6 Å². The van der Waals surface area contributed by atoms with Gasteiger partial charge in [0.15, 0.2) is 0 Å². The van der Waals surface area contributed by atoms with Gasteiger partial charge in [0.05, 0.1) is 11.1 Å². The molecule has 0 N–H and O–H groups in total. The molecular formula is C14H8N2S. The van der Waals surface area contributed by atoms with Crippen molar-refractivity contribution in [3.05, 3.63) is 53.6 Å². The van der Waals surface area contributed by atoms with Crippen molar-refractivity contribution in [3.63, 3.8) is 0 Å². The van der Waals surface area contributed by atoms with Gasteiger partial charge in [0.2, 0.25) is 0 Å². The Kier molecular flexibility index (Phi) is 3.14. The highest BCUT2D eigenvalue weighted by Crippen LogP contribution is 2.27. The van der Waals surface area contributed by atoms with E-state index < -0.39 is 0 Å². The molecule has 17 heavy (non-hydrogen) atoms. The van der Waals surface area contributed by atoms with Gasteiger partial charge >= 0.3 is 0 Å². The summed E-state index contributed by atoms with van der Waals surface area (Å²) in [6.45, 7) is 0. The van der Waals surface area contributed by atoms with Crippen LogP contribution in [0.4, 0.5) is 0 Å². The normalized spacial score (nSPS) is 9.35. The van der Waals surface area contributed by atoms with Crippen LogP contribution in [-0.4, -0.2) is 0 Å². The van der Waals surface area contributed by atoms with Gasteiger partial charge in [0.25, 0.3) is 0 Å². The zero-order valence-corrected chi connectivity index (χ0v) is 9.78. The highest BCUT2D eigenvalue weighted by molar-refractivity contribution is 7.80. The van der Waals surface area contributed by atoms with E-state index in [1.807, 2.05) is 36.4 Å². The second kappa shape index (κ2) is 4.74. The van der Waals surface area contributed by atoms with Gasteiger partial charge in [-0.05, 0) is 23.8 Å². The first-order valence-electron chi connectivity index (χ1n) is 4.99. The predicted molar refractivity (Wildman–Crippen MR) is 68.6 cm³/mol. The summed E-state index contributed by atoms with van der Waals surface area (Å²) in [7, 11) is 0. The van der Waals surface area contributed by atoms with Crippen molar-refractivity contribution in [3.8, 4) is 23.3 Å². The minimum Gasteiger partial charge on any atom is -0.192 e. The molecule has 0 fully saturated rings. The van der Waals surface area contributed by atoms with Gasteiger partial charge in [-0.2, -0.15) is 10.5 Å². The third-order valence-corrected chi connectivity index (χ3v) is 2.73. The molecule has 0 spiro atoms. The maximum atomic E-state index is 9.14. The zero-order valence-electron chi connectivity index (χ0n) is 8.88. The number of thiol groups is 1. The largest absolute Gasteiger partial charge is 0.192 e. The molecule has 0 aromatic heterocycles. The molecule has 2 rings (SSSR count). The Bertz CT molecular complexity index is 648. The molecule has 0 bridgehead atoms. The predicted octanol–water partition coefficient (Wildman–Crippen LogP) is 3.39. The molecule has 0 heterocycles. The molecule has 3 heteroatoms. The number of hydrogen-bond acceptors (Lipinski definition) is 3. The molecule has 0 saturated carbocycles. The lowest BCUT2D eigenvalue weighted by atomic mass is 9.97. The van der Waals surface area contributed by atoms with Crippen molar-refractivity contribution < 1.29 is 0 Å². The van der Waals surface area contributed by atoms with Crippen molar-refractivity contribution in [2.45, 2.75) is 4.90 Å². The van der Waals surface area contributed by atoms with Crippen LogP contribution >= 0.6 is 12.6 Å². The maximum Gasteiger partial charge on any atom is 0.101 e. The average molecular weight is 236 g/mol. The zero-order chi connectivity index (χ0) is 12.3. The van der Waals surface area contributed by atoms with Crippen LogP contribution in [0.25, 0.3) is 11.1 Å². The van der Waals surface area contributed by atoms with Crippen molar-refractivity contribution in [2.75, 3.05) is 0 Å². The van der Waals surface area contributed by atoms with Crippen molar-refractivity contribution in [2.24, 2.45) is 0 Å². The summed E-state index contributed by atoms with van der Waals surface area (Å²) < 4.78 is 0. The summed E-state index contributed by atoms with van der Waals surface area (Å²) >= 11 is 4.27. The Hall–Kier alpha value is -2.23. The molecule has 80 valence electrons. The minimum atomic E-state index is 0.398. The molecular weight excluding hydrogens is 228 g/mol. The number of nitrogens with zero attached hydrogens (tertiary/aromatic N) is 2. The standard InChI is InChI=1S/C14H8N2S/c15-8-11-4-2-6-13(14(11)9-16)10-3-1-5-12(17)7-10/h1-7,17H. The monoisotopic (exact) mass is 236 g/mol. The number of nitriles is 2. The summed E-state index contributed by atoms with van der Waals surface area (Å²) in [4.78, 5) is 0.828. The molecule has 2 nitrogen and oxygen atoms in total. The van der Waals surface area contributed by atoms with Crippen LogP contribution in [0.2, 0.25) is 0 Å². The fourth-order valence-electron chi connectivity index (χ4n) is 1.68. The van der Waals surface area contributed by atoms with Gasteiger partial charge in [-0.15, -0.1) is 12.6 Å². The third kappa shape index (κ3) is 2.15. The van der Waals surface area contributed by atoms with Crippen LogP contribution in [0.15, 0.2) is 47.4 Å². The van der Waals surface area contributed by atoms with E-state index in [2.05, 4.69) is 18.7 Å². The van der Waals surface area contributed by atoms with Crippen LogP contribution in [0, 0.1) is 22.7 Å². The van der Waals surface area contributed by atoms with Crippen molar-refractivity contribution in [1.82, 2.24) is 0 Å². The van der Waals surface area contributed by atoms with E-state index in [4.69, 9.17) is 10.5 Å². The summed E-state index contributed by atoms with van der Waals surface area (Å²) in [6, 6.07) is 16.9. The molecule has 0 unspecified atom stereocenters. The van der Waals surface area contributed by atoms with Gasteiger partial charge in [0.1, 0.15) is 12.1 Å². The molecule has 2 aromatic rings. The van der Waals surface area contributed by atoms with Gasteiger partial charge in [0, 0.05) is 10.5 Å².